The molecule has 3 amide bonds. The van der Waals surface area contributed by atoms with E-state index >= 15 is 0 Å². The minimum Gasteiger partial charge on any atom is -0.489 e. The monoisotopic (exact) mass is 674 g/mol. The number of amides is 3. The SMILES string of the molecule is CC(C)(C)OC(=O)N[C@@H](Cc1ccc(OCc2ccccc2)cc1)C(=O)NNC(=O)c1cc(C23CC4CC(CC(C4)C2)C3)c2ccccc2n1. The molecule has 0 aliphatic heterocycles. The molecule has 9 nitrogen and oxygen atoms in total. The zero-order chi connectivity index (χ0) is 34.9. The third kappa shape index (κ3) is 7.62. The number of nitrogens with zero attached hydrogens (tertiary/aromatic N) is 1. The molecular formula is C41H46N4O5. The molecule has 0 unspecified atom stereocenters. The van der Waals surface area contributed by atoms with Gasteiger partial charge >= 0.3 is 6.09 Å². The smallest absolute Gasteiger partial charge is 0.408 e. The second-order valence-corrected chi connectivity index (χ2v) is 15.5. The molecular weight excluding hydrogens is 628 g/mol. The van der Waals surface area contributed by atoms with Crippen LogP contribution in [-0.4, -0.2) is 34.5 Å². The van der Waals surface area contributed by atoms with Crippen LogP contribution in [0.15, 0.2) is 84.9 Å². The van der Waals surface area contributed by atoms with E-state index in [1.54, 1.807) is 20.8 Å². The van der Waals surface area contributed by atoms with Gasteiger partial charge in [0.05, 0.1) is 5.52 Å². The number of ether oxygens (including phenoxy) is 2. The first-order chi connectivity index (χ1) is 24.0. The summed E-state index contributed by atoms with van der Waals surface area (Å²) >= 11 is 0. The molecule has 8 rings (SSSR count). The maximum atomic E-state index is 13.6. The molecule has 9 heteroatoms. The predicted octanol–water partition coefficient (Wildman–Crippen LogP) is 7.18. The maximum absolute atomic E-state index is 13.6. The largest absolute Gasteiger partial charge is 0.489 e. The van der Waals surface area contributed by atoms with E-state index in [-0.39, 0.29) is 17.5 Å². The van der Waals surface area contributed by atoms with E-state index in [0.717, 1.165) is 59.0 Å². The molecule has 50 heavy (non-hydrogen) atoms. The van der Waals surface area contributed by atoms with Crippen LogP contribution in [0.1, 0.15) is 86.5 Å². The summed E-state index contributed by atoms with van der Waals surface area (Å²) in [5, 5.41) is 3.79. The van der Waals surface area contributed by atoms with Gasteiger partial charge in [-0.15, -0.1) is 0 Å². The van der Waals surface area contributed by atoms with Crippen LogP contribution >= 0.6 is 0 Å². The molecule has 1 heterocycles. The second-order valence-electron chi connectivity index (χ2n) is 15.5. The fourth-order valence-corrected chi connectivity index (χ4v) is 8.80. The Bertz CT molecular complexity index is 1830. The lowest BCUT2D eigenvalue weighted by Gasteiger charge is -2.57. The number of carbonyl (C=O) groups is 3. The van der Waals surface area contributed by atoms with Crippen LogP contribution in [-0.2, 0) is 28.0 Å². The highest BCUT2D eigenvalue weighted by Crippen LogP contribution is 2.61. The summed E-state index contributed by atoms with van der Waals surface area (Å²) < 4.78 is 11.4. The lowest BCUT2D eigenvalue weighted by Crippen LogP contribution is -2.54. The number of carbonyl (C=O) groups excluding carboxylic acids is 3. The van der Waals surface area contributed by atoms with Crippen molar-refractivity contribution < 1.29 is 23.9 Å². The molecule has 4 fully saturated rings. The van der Waals surface area contributed by atoms with Crippen LogP contribution in [0.25, 0.3) is 10.9 Å². The van der Waals surface area contributed by atoms with Crippen molar-refractivity contribution in [1.29, 1.82) is 0 Å². The van der Waals surface area contributed by atoms with E-state index in [2.05, 4.69) is 22.2 Å². The molecule has 4 aliphatic rings. The molecule has 0 radical (unpaired) electrons. The first-order valence-corrected chi connectivity index (χ1v) is 17.8. The van der Waals surface area contributed by atoms with Gasteiger partial charge in [0.1, 0.15) is 29.7 Å². The Morgan fingerprint density at radius 1 is 0.820 bits per heavy atom. The zero-order valence-electron chi connectivity index (χ0n) is 29.0. The Labute approximate surface area is 293 Å². The van der Waals surface area contributed by atoms with Crippen LogP contribution in [0.2, 0.25) is 0 Å². The van der Waals surface area contributed by atoms with Gasteiger partial charge in [-0.05, 0) is 123 Å². The highest BCUT2D eigenvalue weighted by Gasteiger charge is 2.52. The summed E-state index contributed by atoms with van der Waals surface area (Å²) in [7, 11) is 0. The number of benzene rings is 3. The molecule has 4 bridgehead atoms. The molecule has 3 aromatic carbocycles. The number of rotatable bonds is 9. The Morgan fingerprint density at radius 2 is 1.46 bits per heavy atom. The summed E-state index contributed by atoms with van der Waals surface area (Å²) in [6.07, 6.45) is 6.87. The molecule has 0 spiro atoms. The van der Waals surface area contributed by atoms with Gasteiger partial charge < -0.3 is 14.8 Å². The minimum atomic E-state index is -1.03. The lowest BCUT2D eigenvalue weighted by molar-refractivity contribution is -0.124. The fourth-order valence-electron chi connectivity index (χ4n) is 8.80. The van der Waals surface area contributed by atoms with E-state index in [0.29, 0.717) is 12.4 Å². The van der Waals surface area contributed by atoms with Gasteiger partial charge in [-0.25, -0.2) is 9.78 Å². The second kappa shape index (κ2) is 13.8. The number of nitrogens with one attached hydrogen (secondary N) is 3. The Balaban J connectivity index is 1.06. The van der Waals surface area contributed by atoms with E-state index in [1.807, 2.05) is 78.9 Å². The van der Waals surface area contributed by atoms with Crippen molar-refractivity contribution in [1.82, 2.24) is 21.2 Å². The Hall–Kier alpha value is -4.92. The average Bonchev–Trinajstić information content (AvgIpc) is 3.08. The highest BCUT2D eigenvalue weighted by molar-refractivity contribution is 5.98. The fraction of sp³-hybridized carbons (Fsp3) is 0.415. The molecule has 0 saturated heterocycles. The van der Waals surface area contributed by atoms with Gasteiger partial charge in [0.25, 0.3) is 11.8 Å². The van der Waals surface area contributed by atoms with Crippen molar-refractivity contribution in [3.8, 4) is 5.75 Å². The number of hydrazine groups is 1. The van der Waals surface area contributed by atoms with Gasteiger partial charge in [-0.3, -0.25) is 20.4 Å². The maximum Gasteiger partial charge on any atom is 0.408 e. The summed E-state index contributed by atoms with van der Waals surface area (Å²) in [5.74, 6) is 1.83. The predicted molar refractivity (Wildman–Crippen MR) is 191 cm³/mol. The third-order valence-corrected chi connectivity index (χ3v) is 10.5. The first-order valence-electron chi connectivity index (χ1n) is 17.8. The number of hydrogen-bond donors (Lipinski definition) is 3. The molecule has 260 valence electrons. The average molecular weight is 675 g/mol. The minimum absolute atomic E-state index is 0.0557. The van der Waals surface area contributed by atoms with Crippen LogP contribution in [0.5, 0.6) is 5.75 Å². The number of aromatic nitrogens is 1. The van der Waals surface area contributed by atoms with E-state index in [9.17, 15) is 14.4 Å². The zero-order valence-corrected chi connectivity index (χ0v) is 29.0. The van der Waals surface area contributed by atoms with Crippen molar-refractivity contribution in [2.45, 2.75) is 89.4 Å². The molecule has 4 aromatic rings. The van der Waals surface area contributed by atoms with Crippen LogP contribution < -0.4 is 20.9 Å². The summed E-state index contributed by atoms with van der Waals surface area (Å²) in [6.45, 7) is 5.69. The number of fused-ring (bicyclic) bond motifs is 1. The summed E-state index contributed by atoms with van der Waals surface area (Å²) in [5.41, 5.74) is 8.52. The molecule has 1 aromatic heterocycles. The van der Waals surface area contributed by atoms with Crippen LogP contribution in [0.4, 0.5) is 4.79 Å². The van der Waals surface area contributed by atoms with Crippen molar-refractivity contribution in [3.63, 3.8) is 0 Å². The molecule has 3 N–H and O–H groups in total. The van der Waals surface area contributed by atoms with Gasteiger partial charge in [-0.2, -0.15) is 0 Å². The van der Waals surface area contributed by atoms with Gasteiger partial charge in [0.15, 0.2) is 0 Å². The van der Waals surface area contributed by atoms with E-state index in [4.69, 9.17) is 14.5 Å². The van der Waals surface area contributed by atoms with Gasteiger partial charge in [0.2, 0.25) is 0 Å². The van der Waals surface area contributed by atoms with Crippen molar-refractivity contribution in [2.24, 2.45) is 17.8 Å². The van der Waals surface area contributed by atoms with Crippen molar-refractivity contribution >= 4 is 28.8 Å². The van der Waals surface area contributed by atoms with Gasteiger partial charge in [0, 0.05) is 11.8 Å². The number of hydrogen-bond acceptors (Lipinski definition) is 6. The van der Waals surface area contributed by atoms with E-state index in [1.165, 1.54) is 24.8 Å². The molecule has 1 atom stereocenters. The van der Waals surface area contributed by atoms with Crippen LogP contribution in [0.3, 0.4) is 0 Å². The quantitative estimate of drug-likeness (QED) is 0.162. The van der Waals surface area contributed by atoms with Crippen molar-refractivity contribution in [2.75, 3.05) is 0 Å². The number of alkyl carbamates (subject to hydrolysis) is 1. The highest BCUT2D eigenvalue weighted by atomic mass is 16.6. The van der Waals surface area contributed by atoms with Crippen molar-refractivity contribution in [3.05, 3.63) is 107 Å². The molecule has 4 saturated carbocycles. The normalized spacial score (nSPS) is 22.8. The van der Waals surface area contributed by atoms with Crippen LogP contribution in [0, 0.1) is 17.8 Å². The number of pyridine rings is 1. The topological polar surface area (TPSA) is 119 Å². The molecule has 4 aliphatic carbocycles. The summed E-state index contributed by atoms with van der Waals surface area (Å²) in [6, 6.07) is 26.2. The van der Waals surface area contributed by atoms with E-state index < -0.39 is 29.6 Å². The first kappa shape index (κ1) is 33.6. The number of para-hydroxylation sites is 1. The van der Waals surface area contributed by atoms with Gasteiger partial charge in [-0.1, -0.05) is 60.7 Å². The summed E-state index contributed by atoms with van der Waals surface area (Å²) in [4.78, 5) is 44.7. The lowest BCUT2D eigenvalue weighted by atomic mass is 9.48. The Kier molecular flexibility index (Phi) is 9.24. The third-order valence-electron chi connectivity index (χ3n) is 10.5. The standard InChI is InChI=1S/C41H46N4O5/c1-40(2,3)50-39(48)43-35(20-26-13-15-31(16-14-26)49-25-27-9-5-4-6-10-27)37(46)44-45-38(47)36-21-33(32-11-7-8-12-34(32)42-36)41-22-28-17-29(23-41)19-30(18-28)24-41/h4-16,21,28-30,35H,17-20,22-25H2,1-3H3,(H,43,48)(H,44,46)(H,45,47)/t28?,29?,30?,35-,41?/m0/s1. The Morgan fingerprint density at radius 3 is 2.12 bits per heavy atom.